The zero-order valence-corrected chi connectivity index (χ0v) is 17.5. The average Bonchev–Trinajstić information content (AvgIpc) is 2.82. The first-order valence-electron chi connectivity index (χ1n) is 9.94. The van der Waals surface area contributed by atoms with Crippen molar-refractivity contribution in [2.24, 2.45) is 0 Å². The monoisotopic (exact) mass is 419 g/mol. The third-order valence-corrected chi connectivity index (χ3v) is 4.60. The summed E-state index contributed by atoms with van der Waals surface area (Å²) in [6.07, 6.45) is -0.934. The molecular formula is C25H25NO5. The SMILES string of the molecule is COc1cc(C(=O)O[C@@H](C)C(=O)NCc2ccccc2)ccc1OCc1ccccc1. The highest BCUT2D eigenvalue weighted by Crippen LogP contribution is 2.29. The van der Waals surface area contributed by atoms with E-state index in [1.165, 1.54) is 20.1 Å². The van der Waals surface area contributed by atoms with Crippen LogP contribution >= 0.6 is 0 Å². The fourth-order valence-corrected chi connectivity index (χ4v) is 2.86. The van der Waals surface area contributed by atoms with Crippen molar-refractivity contribution < 1.29 is 23.8 Å². The van der Waals surface area contributed by atoms with Gasteiger partial charge in [0.1, 0.15) is 6.61 Å². The number of esters is 1. The smallest absolute Gasteiger partial charge is 0.339 e. The number of amides is 1. The molecule has 0 unspecified atom stereocenters. The van der Waals surface area contributed by atoms with E-state index in [0.717, 1.165) is 11.1 Å². The molecule has 160 valence electrons. The first-order valence-corrected chi connectivity index (χ1v) is 9.94. The number of hydrogen-bond donors (Lipinski definition) is 1. The molecule has 0 fully saturated rings. The molecule has 3 rings (SSSR count). The third-order valence-electron chi connectivity index (χ3n) is 4.60. The van der Waals surface area contributed by atoms with Gasteiger partial charge in [0.2, 0.25) is 0 Å². The first-order chi connectivity index (χ1) is 15.1. The minimum atomic E-state index is -0.934. The molecule has 0 aromatic heterocycles. The predicted molar refractivity (Wildman–Crippen MR) is 117 cm³/mol. The van der Waals surface area contributed by atoms with Gasteiger partial charge in [-0.2, -0.15) is 0 Å². The normalized spacial score (nSPS) is 11.3. The number of benzene rings is 3. The van der Waals surface area contributed by atoms with Crippen LogP contribution in [0.2, 0.25) is 0 Å². The van der Waals surface area contributed by atoms with Gasteiger partial charge in [-0.25, -0.2) is 4.79 Å². The second-order valence-electron chi connectivity index (χ2n) is 6.89. The first kappa shape index (κ1) is 21.9. The van der Waals surface area contributed by atoms with Crippen LogP contribution in [0.5, 0.6) is 11.5 Å². The minimum Gasteiger partial charge on any atom is -0.493 e. The van der Waals surface area contributed by atoms with Gasteiger partial charge in [-0.15, -0.1) is 0 Å². The lowest BCUT2D eigenvalue weighted by atomic mass is 10.2. The molecule has 1 N–H and O–H groups in total. The van der Waals surface area contributed by atoms with Crippen molar-refractivity contribution in [3.05, 3.63) is 95.6 Å². The molecule has 0 spiro atoms. The lowest BCUT2D eigenvalue weighted by Gasteiger charge is -2.15. The number of rotatable bonds is 9. The topological polar surface area (TPSA) is 73.9 Å². The Balaban J connectivity index is 1.57. The van der Waals surface area contributed by atoms with Crippen LogP contribution in [-0.2, 0) is 22.7 Å². The summed E-state index contributed by atoms with van der Waals surface area (Å²) in [5, 5.41) is 2.76. The van der Waals surface area contributed by atoms with Gasteiger partial charge in [0.15, 0.2) is 17.6 Å². The predicted octanol–water partition coefficient (Wildman–Crippen LogP) is 4.14. The highest BCUT2D eigenvalue weighted by molar-refractivity contribution is 5.92. The van der Waals surface area contributed by atoms with E-state index >= 15 is 0 Å². The quantitative estimate of drug-likeness (QED) is 0.528. The molecule has 3 aromatic carbocycles. The number of carbonyl (C=O) groups excluding carboxylic acids is 2. The fraction of sp³-hybridized carbons (Fsp3) is 0.200. The second kappa shape index (κ2) is 10.8. The van der Waals surface area contributed by atoms with Gasteiger partial charge in [0.05, 0.1) is 12.7 Å². The van der Waals surface area contributed by atoms with Gasteiger partial charge in [-0.05, 0) is 36.2 Å². The summed E-state index contributed by atoms with van der Waals surface area (Å²) in [4.78, 5) is 24.7. The van der Waals surface area contributed by atoms with Crippen LogP contribution in [0, 0.1) is 0 Å². The van der Waals surface area contributed by atoms with E-state index in [-0.39, 0.29) is 11.5 Å². The van der Waals surface area contributed by atoms with Gasteiger partial charge >= 0.3 is 5.97 Å². The molecule has 0 saturated heterocycles. The Labute approximate surface area is 181 Å². The lowest BCUT2D eigenvalue weighted by molar-refractivity contribution is -0.129. The maximum absolute atomic E-state index is 12.5. The maximum Gasteiger partial charge on any atom is 0.339 e. The Hall–Kier alpha value is -3.80. The van der Waals surface area contributed by atoms with Crippen LogP contribution in [0.4, 0.5) is 0 Å². The Kier molecular flexibility index (Phi) is 7.65. The van der Waals surface area contributed by atoms with Crippen molar-refractivity contribution in [1.82, 2.24) is 5.32 Å². The molecule has 0 aliphatic carbocycles. The Morgan fingerprint density at radius 3 is 2.16 bits per heavy atom. The van der Waals surface area contributed by atoms with Gasteiger partial charge in [0, 0.05) is 6.54 Å². The van der Waals surface area contributed by atoms with Gasteiger partial charge in [-0.3, -0.25) is 4.79 Å². The highest BCUT2D eigenvalue weighted by Gasteiger charge is 2.20. The summed E-state index contributed by atoms with van der Waals surface area (Å²) >= 11 is 0. The van der Waals surface area contributed by atoms with Crippen molar-refractivity contribution in [2.45, 2.75) is 26.2 Å². The zero-order valence-electron chi connectivity index (χ0n) is 17.5. The summed E-state index contributed by atoms with van der Waals surface area (Å²) in [7, 11) is 1.50. The number of ether oxygens (including phenoxy) is 3. The number of nitrogens with one attached hydrogen (secondary N) is 1. The highest BCUT2D eigenvalue weighted by atomic mass is 16.5. The van der Waals surface area contributed by atoms with Gasteiger partial charge in [0.25, 0.3) is 5.91 Å². The van der Waals surface area contributed by atoms with Crippen LogP contribution < -0.4 is 14.8 Å². The average molecular weight is 419 g/mol. The van der Waals surface area contributed by atoms with Crippen molar-refractivity contribution in [3.63, 3.8) is 0 Å². The second-order valence-corrected chi connectivity index (χ2v) is 6.89. The molecule has 1 atom stereocenters. The largest absolute Gasteiger partial charge is 0.493 e. The molecule has 6 nitrogen and oxygen atoms in total. The molecule has 0 bridgehead atoms. The van der Waals surface area contributed by atoms with E-state index < -0.39 is 12.1 Å². The van der Waals surface area contributed by atoms with E-state index in [1.54, 1.807) is 12.1 Å². The van der Waals surface area contributed by atoms with Crippen LogP contribution in [0.1, 0.15) is 28.4 Å². The van der Waals surface area contributed by atoms with Crippen molar-refractivity contribution in [2.75, 3.05) is 7.11 Å². The van der Waals surface area contributed by atoms with Crippen molar-refractivity contribution in [3.8, 4) is 11.5 Å². The van der Waals surface area contributed by atoms with E-state index in [0.29, 0.717) is 24.7 Å². The van der Waals surface area contributed by atoms with Crippen molar-refractivity contribution in [1.29, 1.82) is 0 Å². The van der Waals surface area contributed by atoms with Crippen molar-refractivity contribution >= 4 is 11.9 Å². The molecular weight excluding hydrogens is 394 g/mol. The van der Waals surface area contributed by atoms with Crippen LogP contribution in [0.3, 0.4) is 0 Å². The molecule has 0 radical (unpaired) electrons. The molecule has 3 aromatic rings. The van der Waals surface area contributed by atoms with E-state index in [9.17, 15) is 9.59 Å². The zero-order chi connectivity index (χ0) is 22.1. The minimum absolute atomic E-state index is 0.270. The van der Waals surface area contributed by atoms with Gasteiger partial charge in [-0.1, -0.05) is 60.7 Å². The molecule has 0 aliphatic heterocycles. The summed E-state index contributed by atoms with van der Waals surface area (Å²) < 4.78 is 16.5. The van der Waals surface area contributed by atoms with E-state index in [2.05, 4.69) is 5.32 Å². The Bertz CT molecular complexity index is 1000. The molecule has 31 heavy (non-hydrogen) atoms. The molecule has 1 amide bonds. The summed E-state index contributed by atoms with van der Waals surface area (Å²) in [6, 6.07) is 24.0. The summed E-state index contributed by atoms with van der Waals surface area (Å²) in [6.45, 7) is 2.27. The van der Waals surface area contributed by atoms with Crippen LogP contribution in [0.15, 0.2) is 78.9 Å². The molecule has 0 saturated carbocycles. The number of methoxy groups -OCH3 is 1. The third kappa shape index (κ3) is 6.34. The van der Waals surface area contributed by atoms with E-state index in [4.69, 9.17) is 14.2 Å². The lowest BCUT2D eigenvalue weighted by Crippen LogP contribution is -2.35. The standard InChI is InChI=1S/C25H25NO5/c1-18(24(27)26-16-19-9-5-3-6-10-19)31-25(28)21-13-14-22(23(15-21)29-2)30-17-20-11-7-4-8-12-20/h3-15,18H,16-17H2,1-2H3,(H,26,27)/t18-/m0/s1. The molecule has 0 aliphatic rings. The number of hydrogen-bond acceptors (Lipinski definition) is 5. The van der Waals surface area contributed by atoms with E-state index in [1.807, 2.05) is 60.7 Å². The summed E-state index contributed by atoms with van der Waals surface area (Å²) in [5.41, 5.74) is 2.25. The Morgan fingerprint density at radius 1 is 0.871 bits per heavy atom. The summed E-state index contributed by atoms with van der Waals surface area (Å²) in [5.74, 6) is -0.0645. The number of carbonyl (C=O) groups is 2. The van der Waals surface area contributed by atoms with Gasteiger partial charge < -0.3 is 19.5 Å². The molecule has 6 heteroatoms. The van der Waals surface area contributed by atoms with Crippen LogP contribution in [0.25, 0.3) is 0 Å². The Morgan fingerprint density at radius 2 is 1.52 bits per heavy atom. The maximum atomic E-state index is 12.5. The van der Waals surface area contributed by atoms with Crippen LogP contribution in [-0.4, -0.2) is 25.1 Å². The fourth-order valence-electron chi connectivity index (χ4n) is 2.86. The molecule has 0 heterocycles.